The summed E-state index contributed by atoms with van der Waals surface area (Å²) in [4.78, 5) is 63.9. The van der Waals surface area contributed by atoms with E-state index < -0.39 is 66.8 Å². The number of carbonyl (C=O) groups is 7. The van der Waals surface area contributed by atoms with Gasteiger partial charge in [0.1, 0.15) is 24.4 Å². The van der Waals surface area contributed by atoms with E-state index in [0.717, 1.165) is 41.5 Å². The first kappa shape index (κ1) is 49.4. The molecular formula is C18H36O18. The Morgan fingerprint density at radius 3 is 0.806 bits per heavy atom. The van der Waals surface area contributed by atoms with Gasteiger partial charge in [-0.15, -0.1) is 0 Å². The first-order valence-electron chi connectivity index (χ1n) is 8.89. The van der Waals surface area contributed by atoms with Crippen LogP contribution in [0, 0.1) is 0 Å². The molecule has 0 bridgehead atoms. The quantitative estimate of drug-likeness (QED) is 0.156. The maximum atomic E-state index is 9.90. The number of rotatable bonds is 5. The second-order valence-electron chi connectivity index (χ2n) is 5.47. The van der Waals surface area contributed by atoms with Crippen LogP contribution in [-0.2, 0) is 33.6 Å². The van der Waals surface area contributed by atoms with Crippen LogP contribution in [-0.4, -0.2) is 129 Å². The molecule has 0 saturated heterocycles. The summed E-state index contributed by atoms with van der Waals surface area (Å²) in [7, 11) is 0. The zero-order valence-corrected chi connectivity index (χ0v) is 20.4. The molecule has 0 aliphatic carbocycles. The Labute approximate surface area is 205 Å². The number of aliphatic hydroxyl groups is 5. The van der Waals surface area contributed by atoms with E-state index in [4.69, 9.17) is 84.9 Å². The van der Waals surface area contributed by atoms with Gasteiger partial charge < -0.3 is 61.0 Å². The van der Waals surface area contributed by atoms with Gasteiger partial charge in [-0.2, -0.15) is 0 Å². The average molecular weight is 540 g/mol. The van der Waals surface area contributed by atoms with Crippen molar-refractivity contribution >= 4 is 42.1 Å². The van der Waals surface area contributed by atoms with E-state index in [1.54, 1.807) is 0 Å². The lowest BCUT2D eigenvalue weighted by Gasteiger charge is -2.22. The van der Waals surface area contributed by atoms with Gasteiger partial charge in [0.25, 0.3) is 35.8 Å². The third kappa shape index (κ3) is 172. The van der Waals surface area contributed by atoms with Gasteiger partial charge in [-0.05, 0) is 0 Å². The Bertz CT molecular complexity index is 486. The van der Waals surface area contributed by atoms with Gasteiger partial charge >= 0.3 is 0 Å². The molecule has 216 valence electrons. The SMILES string of the molecule is CC(=O)O.CC(=O)O.CC(=O)O.CC(=O)O.CC(=O)O.CC(=O)O.O=C[C@H](O)[C@@H](O)[C@H](O)[C@H](O)CO. The van der Waals surface area contributed by atoms with Crippen molar-refractivity contribution in [3.8, 4) is 0 Å². The van der Waals surface area contributed by atoms with Gasteiger partial charge in [-0.25, -0.2) is 0 Å². The van der Waals surface area contributed by atoms with Gasteiger partial charge in [-0.3, -0.25) is 28.8 Å². The monoisotopic (exact) mass is 540 g/mol. The molecule has 0 aromatic heterocycles. The zero-order chi connectivity index (χ0) is 31.2. The Kier molecular flexibility index (Phi) is 49.3. The summed E-state index contributed by atoms with van der Waals surface area (Å²) in [5.41, 5.74) is 0. The zero-order valence-electron chi connectivity index (χ0n) is 20.4. The third-order valence-corrected chi connectivity index (χ3v) is 1.42. The molecule has 4 atom stereocenters. The molecule has 0 aromatic rings. The van der Waals surface area contributed by atoms with Gasteiger partial charge in [0.05, 0.1) is 6.61 Å². The molecule has 18 nitrogen and oxygen atoms in total. The first-order valence-corrected chi connectivity index (χ1v) is 8.89. The van der Waals surface area contributed by atoms with Crippen molar-refractivity contribution in [1.82, 2.24) is 0 Å². The van der Waals surface area contributed by atoms with E-state index in [-0.39, 0.29) is 6.29 Å². The third-order valence-electron chi connectivity index (χ3n) is 1.42. The molecule has 0 unspecified atom stereocenters. The molecule has 0 heterocycles. The molecule has 18 heteroatoms. The van der Waals surface area contributed by atoms with Gasteiger partial charge in [-0.1, -0.05) is 0 Å². The fraction of sp³-hybridized carbons (Fsp3) is 0.611. The molecule has 0 amide bonds. The maximum absolute atomic E-state index is 9.90. The molecule has 11 N–H and O–H groups in total. The molecular weight excluding hydrogens is 504 g/mol. The summed E-state index contributed by atoms with van der Waals surface area (Å²) in [6.07, 6.45) is -6.84. The number of hydrogen-bond acceptors (Lipinski definition) is 12. The van der Waals surface area contributed by atoms with Crippen LogP contribution in [0.25, 0.3) is 0 Å². The number of carbonyl (C=O) groups excluding carboxylic acids is 1. The minimum absolute atomic E-state index is 0.0258. The molecule has 36 heavy (non-hydrogen) atoms. The van der Waals surface area contributed by atoms with E-state index in [0.29, 0.717) is 0 Å². The second kappa shape index (κ2) is 35.9. The maximum Gasteiger partial charge on any atom is 0.300 e. The lowest BCUT2D eigenvalue weighted by molar-refractivity contribution is -0.136. The Hall–Kier alpha value is -3.71. The van der Waals surface area contributed by atoms with E-state index in [1.807, 2.05) is 0 Å². The van der Waals surface area contributed by atoms with E-state index >= 15 is 0 Å². The summed E-state index contributed by atoms with van der Waals surface area (Å²) in [6, 6.07) is 0. The fourth-order valence-electron chi connectivity index (χ4n) is 0.618. The van der Waals surface area contributed by atoms with E-state index in [1.165, 1.54) is 0 Å². The topological polar surface area (TPSA) is 342 Å². The number of aldehydes is 1. The largest absolute Gasteiger partial charge is 0.481 e. The lowest BCUT2D eigenvalue weighted by Crippen LogP contribution is -2.46. The molecule has 0 aromatic carbocycles. The highest BCUT2D eigenvalue weighted by Crippen LogP contribution is 2.02. The van der Waals surface area contributed by atoms with Gasteiger partial charge in [0.15, 0.2) is 6.29 Å². The van der Waals surface area contributed by atoms with E-state index in [9.17, 15) is 4.79 Å². The molecule has 0 radical (unpaired) electrons. The Morgan fingerprint density at radius 1 is 0.528 bits per heavy atom. The summed E-state index contributed by atoms with van der Waals surface area (Å²) in [5.74, 6) is -5.00. The summed E-state index contributed by atoms with van der Waals surface area (Å²) < 4.78 is 0. The smallest absolute Gasteiger partial charge is 0.300 e. The van der Waals surface area contributed by atoms with Crippen molar-refractivity contribution in [3.05, 3.63) is 0 Å². The summed E-state index contributed by atoms with van der Waals surface area (Å²) in [5, 5.41) is 88.0. The highest BCUT2D eigenvalue weighted by Gasteiger charge is 2.29. The van der Waals surface area contributed by atoms with Crippen molar-refractivity contribution in [1.29, 1.82) is 0 Å². The first-order chi connectivity index (χ1) is 15.9. The Morgan fingerprint density at radius 2 is 0.694 bits per heavy atom. The molecule has 0 fully saturated rings. The average Bonchev–Trinajstić information content (AvgIpc) is 2.62. The minimum Gasteiger partial charge on any atom is -0.481 e. The van der Waals surface area contributed by atoms with Gasteiger partial charge in [0, 0.05) is 41.5 Å². The predicted octanol–water partition coefficient (Wildman–Crippen LogP) is -2.83. The normalized spacial score (nSPS) is 11.2. The molecule has 0 spiro atoms. The van der Waals surface area contributed by atoms with Gasteiger partial charge in [0.2, 0.25) is 0 Å². The van der Waals surface area contributed by atoms with Crippen LogP contribution in [0.1, 0.15) is 41.5 Å². The molecule has 0 aliphatic heterocycles. The van der Waals surface area contributed by atoms with Crippen LogP contribution >= 0.6 is 0 Å². The van der Waals surface area contributed by atoms with Crippen molar-refractivity contribution in [2.45, 2.75) is 66.0 Å². The summed E-state index contributed by atoms with van der Waals surface area (Å²) >= 11 is 0. The van der Waals surface area contributed by atoms with Crippen LogP contribution in [0.15, 0.2) is 0 Å². The number of aliphatic hydroxyl groups excluding tert-OH is 5. The van der Waals surface area contributed by atoms with Crippen LogP contribution in [0.2, 0.25) is 0 Å². The van der Waals surface area contributed by atoms with Crippen LogP contribution in [0.4, 0.5) is 0 Å². The Balaban J connectivity index is -0.0000000592. The van der Waals surface area contributed by atoms with Crippen molar-refractivity contribution in [2.24, 2.45) is 0 Å². The number of hydrogen-bond donors (Lipinski definition) is 11. The van der Waals surface area contributed by atoms with Crippen molar-refractivity contribution in [3.63, 3.8) is 0 Å². The standard InChI is InChI=1S/C6H12O6.6C2H4O2/c7-1-3(9)5(11)6(12)4(10)2-8;6*1-2(3)4/h1,3-6,8-12H,2H2;6*1H3,(H,3,4)/t3-,4+,5+,6+;;;;;;/m0....../s1. The van der Waals surface area contributed by atoms with Crippen LogP contribution in [0.3, 0.4) is 0 Å². The fourth-order valence-corrected chi connectivity index (χ4v) is 0.618. The number of carboxylic acid groups (broad SMARTS) is 6. The van der Waals surface area contributed by atoms with E-state index in [2.05, 4.69) is 0 Å². The number of aliphatic carboxylic acids is 6. The van der Waals surface area contributed by atoms with Crippen molar-refractivity contribution in [2.75, 3.05) is 6.61 Å². The highest BCUT2D eigenvalue weighted by atomic mass is 16.4. The predicted molar refractivity (Wildman–Crippen MR) is 117 cm³/mol. The molecule has 0 rings (SSSR count). The number of carboxylic acids is 6. The minimum atomic E-state index is -1.79. The molecule has 0 saturated carbocycles. The summed E-state index contributed by atoms with van der Waals surface area (Å²) in [6.45, 7) is 5.74. The van der Waals surface area contributed by atoms with Crippen molar-refractivity contribution < 1.29 is 89.7 Å². The van der Waals surface area contributed by atoms with Crippen LogP contribution < -0.4 is 0 Å². The molecule has 0 aliphatic rings. The lowest BCUT2D eigenvalue weighted by atomic mass is 10.0. The second-order valence-corrected chi connectivity index (χ2v) is 5.47. The van der Waals surface area contributed by atoms with Crippen LogP contribution in [0.5, 0.6) is 0 Å². The highest BCUT2D eigenvalue weighted by molar-refractivity contribution is 5.64.